The van der Waals surface area contributed by atoms with Gasteiger partial charge >= 0.3 is 0 Å². The SMILES string of the molecule is CNC(Cc1cc(C)ccc1C)c1cccs1. The molecule has 0 aliphatic heterocycles. The maximum absolute atomic E-state index is 3.41. The van der Waals surface area contributed by atoms with Crippen molar-refractivity contribution in [2.45, 2.75) is 26.3 Å². The van der Waals surface area contributed by atoms with Gasteiger partial charge < -0.3 is 5.32 Å². The second-order valence-electron chi connectivity index (χ2n) is 4.49. The Kier molecular flexibility index (Phi) is 3.97. The number of hydrogen-bond donors (Lipinski definition) is 1. The third-order valence-corrected chi connectivity index (χ3v) is 4.15. The van der Waals surface area contributed by atoms with Gasteiger partial charge in [-0.3, -0.25) is 0 Å². The number of hydrogen-bond acceptors (Lipinski definition) is 2. The first-order valence-corrected chi connectivity index (χ1v) is 6.85. The topological polar surface area (TPSA) is 12.0 Å². The zero-order valence-electron chi connectivity index (χ0n) is 10.7. The van der Waals surface area contributed by atoms with E-state index in [-0.39, 0.29) is 0 Å². The van der Waals surface area contributed by atoms with Crippen molar-refractivity contribution in [3.8, 4) is 0 Å². The molecular formula is C15H19NS. The van der Waals surface area contributed by atoms with Gasteiger partial charge in [0.15, 0.2) is 0 Å². The molecule has 1 unspecified atom stereocenters. The molecular weight excluding hydrogens is 226 g/mol. The van der Waals surface area contributed by atoms with Gasteiger partial charge in [0.05, 0.1) is 0 Å². The fraction of sp³-hybridized carbons (Fsp3) is 0.333. The van der Waals surface area contributed by atoms with Crippen LogP contribution in [0.1, 0.15) is 27.6 Å². The highest BCUT2D eigenvalue weighted by Crippen LogP contribution is 2.24. The predicted molar refractivity (Wildman–Crippen MR) is 75.7 cm³/mol. The Bertz CT molecular complexity index is 474. The van der Waals surface area contributed by atoms with Crippen LogP contribution in [-0.2, 0) is 6.42 Å². The van der Waals surface area contributed by atoms with Crippen LogP contribution in [-0.4, -0.2) is 7.05 Å². The monoisotopic (exact) mass is 245 g/mol. The second-order valence-corrected chi connectivity index (χ2v) is 5.47. The fourth-order valence-corrected chi connectivity index (χ4v) is 2.91. The van der Waals surface area contributed by atoms with Gasteiger partial charge in [0, 0.05) is 10.9 Å². The molecule has 0 saturated heterocycles. The summed E-state index contributed by atoms with van der Waals surface area (Å²) in [5.74, 6) is 0. The third kappa shape index (κ3) is 2.96. The van der Waals surface area contributed by atoms with Crippen LogP contribution in [0.3, 0.4) is 0 Å². The molecule has 0 amide bonds. The molecule has 0 radical (unpaired) electrons. The number of aryl methyl sites for hydroxylation is 2. The van der Waals surface area contributed by atoms with Crippen molar-refractivity contribution in [2.75, 3.05) is 7.05 Å². The van der Waals surface area contributed by atoms with E-state index < -0.39 is 0 Å². The minimum Gasteiger partial charge on any atom is -0.312 e. The van der Waals surface area contributed by atoms with E-state index in [1.807, 2.05) is 18.4 Å². The molecule has 90 valence electrons. The lowest BCUT2D eigenvalue weighted by molar-refractivity contribution is 0.600. The van der Waals surface area contributed by atoms with Crippen molar-refractivity contribution >= 4 is 11.3 Å². The number of nitrogens with one attached hydrogen (secondary N) is 1. The summed E-state index contributed by atoms with van der Waals surface area (Å²) in [7, 11) is 2.04. The third-order valence-electron chi connectivity index (χ3n) is 3.16. The summed E-state index contributed by atoms with van der Waals surface area (Å²) in [5.41, 5.74) is 4.16. The summed E-state index contributed by atoms with van der Waals surface area (Å²) in [6.07, 6.45) is 1.06. The van der Waals surface area contributed by atoms with Crippen molar-refractivity contribution in [1.82, 2.24) is 5.32 Å². The highest BCUT2D eigenvalue weighted by molar-refractivity contribution is 7.10. The van der Waals surface area contributed by atoms with Crippen LogP contribution in [0.25, 0.3) is 0 Å². The molecule has 1 aromatic heterocycles. The van der Waals surface area contributed by atoms with E-state index in [9.17, 15) is 0 Å². The van der Waals surface area contributed by atoms with Crippen molar-refractivity contribution in [1.29, 1.82) is 0 Å². The van der Waals surface area contributed by atoms with E-state index >= 15 is 0 Å². The molecule has 2 aromatic rings. The molecule has 1 heterocycles. The van der Waals surface area contributed by atoms with Gasteiger partial charge in [0.2, 0.25) is 0 Å². The Morgan fingerprint density at radius 2 is 2.06 bits per heavy atom. The van der Waals surface area contributed by atoms with Gasteiger partial charge in [-0.2, -0.15) is 0 Å². The molecule has 0 saturated carbocycles. The summed E-state index contributed by atoms with van der Waals surface area (Å²) in [6, 6.07) is 11.4. The van der Waals surface area contributed by atoms with Crippen LogP contribution in [0.4, 0.5) is 0 Å². The summed E-state index contributed by atoms with van der Waals surface area (Å²) < 4.78 is 0. The number of rotatable bonds is 4. The van der Waals surface area contributed by atoms with Crippen molar-refractivity contribution in [3.63, 3.8) is 0 Å². The summed E-state index contributed by atoms with van der Waals surface area (Å²) >= 11 is 1.82. The van der Waals surface area contributed by atoms with Gasteiger partial charge in [-0.05, 0) is 49.9 Å². The molecule has 0 aliphatic rings. The lowest BCUT2D eigenvalue weighted by atomic mass is 9.98. The van der Waals surface area contributed by atoms with E-state index in [0.717, 1.165) is 6.42 Å². The summed E-state index contributed by atoms with van der Waals surface area (Å²) in [4.78, 5) is 1.41. The fourth-order valence-electron chi connectivity index (χ4n) is 2.07. The largest absolute Gasteiger partial charge is 0.312 e. The Balaban J connectivity index is 2.21. The lowest BCUT2D eigenvalue weighted by Crippen LogP contribution is -2.18. The molecule has 1 aromatic carbocycles. The van der Waals surface area contributed by atoms with Crippen LogP contribution in [0.5, 0.6) is 0 Å². The van der Waals surface area contributed by atoms with E-state index in [4.69, 9.17) is 0 Å². The van der Waals surface area contributed by atoms with Gasteiger partial charge in [-0.1, -0.05) is 29.8 Å². The van der Waals surface area contributed by atoms with E-state index in [0.29, 0.717) is 6.04 Å². The van der Waals surface area contributed by atoms with Crippen LogP contribution >= 0.6 is 11.3 Å². The molecule has 1 atom stereocenters. The van der Waals surface area contributed by atoms with Crippen molar-refractivity contribution < 1.29 is 0 Å². The van der Waals surface area contributed by atoms with Crippen molar-refractivity contribution in [2.24, 2.45) is 0 Å². The van der Waals surface area contributed by atoms with Crippen molar-refractivity contribution in [3.05, 3.63) is 57.3 Å². The first-order chi connectivity index (χ1) is 8.20. The number of likely N-dealkylation sites (N-methyl/N-ethyl adjacent to an activating group) is 1. The first kappa shape index (κ1) is 12.3. The summed E-state index contributed by atoms with van der Waals surface area (Å²) in [5, 5.41) is 5.55. The second kappa shape index (κ2) is 5.48. The van der Waals surface area contributed by atoms with Gasteiger partial charge in [-0.15, -0.1) is 11.3 Å². The molecule has 2 rings (SSSR count). The van der Waals surface area contributed by atoms with Gasteiger partial charge in [-0.25, -0.2) is 0 Å². The standard InChI is InChI=1S/C15H19NS/c1-11-6-7-12(2)13(9-11)10-14(16-3)15-5-4-8-17-15/h4-9,14,16H,10H2,1-3H3. The molecule has 1 nitrogen and oxygen atoms in total. The highest BCUT2D eigenvalue weighted by atomic mass is 32.1. The zero-order chi connectivity index (χ0) is 12.3. The molecule has 0 fully saturated rings. The van der Waals surface area contributed by atoms with Crippen LogP contribution < -0.4 is 5.32 Å². The van der Waals surface area contributed by atoms with E-state index in [1.54, 1.807) is 0 Å². The first-order valence-electron chi connectivity index (χ1n) is 5.97. The van der Waals surface area contributed by atoms with Crippen LogP contribution in [0, 0.1) is 13.8 Å². The normalized spacial score (nSPS) is 12.6. The van der Waals surface area contributed by atoms with Gasteiger partial charge in [0.25, 0.3) is 0 Å². The molecule has 0 spiro atoms. The molecule has 17 heavy (non-hydrogen) atoms. The Morgan fingerprint density at radius 3 is 2.71 bits per heavy atom. The molecule has 0 aliphatic carbocycles. The lowest BCUT2D eigenvalue weighted by Gasteiger charge is -2.16. The Morgan fingerprint density at radius 1 is 1.24 bits per heavy atom. The Labute approximate surface area is 108 Å². The molecule has 2 heteroatoms. The Hall–Kier alpha value is -1.12. The average molecular weight is 245 g/mol. The highest BCUT2D eigenvalue weighted by Gasteiger charge is 2.12. The minimum absolute atomic E-state index is 0.426. The smallest absolute Gasteiger partial charge is 0.0453 e. The van der Waals surface area contributed by atoms with Crippen LogP contribution in [0.15, 0.2) is 35.7 Å². The predicted octanol–water partition coefficient (Wildman–Crippen LogP) is 3.87. The maximum atomic E-state index is 3.41. The van der Waals surface area contributed by atoms with E-state index in [2.05, 4.69) is 54.9 Å². The minimum atomic E-state index is 0.426. The zero-order valence-corrected chi connectivity index (χ0v) is 11.5. The average Bonchev–Trinajstić information content (AvgIpc) is 2.84. The van der Waals surface area contributed by atoms with Gasteiger partial charge in [0.1, 0.15) is 0 Å². The number of benzene rings is 1. The quantitative estimate of drug-likeness (QED) is 0.862. The van der Waals surface area contributed by atoms with E-state index in [1.165, 1.54) is 21.6 Å². The van der Waals surface area contributed by atoms with Crippen LogP contribution in [0.2, 0.25) is 0 Å². The summed E-state index contributed by atoms with van der Waals surface area (Å²) in [6.45, 7) is 4.35. The number of thiophene rings is 1. The molecule has 0 bridgehead atoms. The molecule has 1 N–H and O–H groups in total. The maximum Gasteiger partial charge on any atom is 0.0453 e.